The van der Waals surface area contributed by atoms with E-state index in [0.29, 0.717) is 17.4 Å². The molecule has 0 aromatic heterocycles. The molecule has 0 aromatic rings. The van der Waals surface area contributed by atoms with Crippen LogP contribution < -0.4 is 0 Å². The zero-order chi connectivity index (χ0) is 52.0. The van der Waals surface area contributed by atoms with Gasteiger partial charge in [-0.15, -0.1) is 0 Å². The molecule has 0 amide bonds. The summed E-state index contributed by atoms with van der Waals surface area (Å²) in [6, 6.07) is 0. The third-order valence-corrected chi connectivity index (χ3v) is 11.5. The number of likely N-dealkylation sites (N-methyl/N-ethyl adjacent to an activating group) is 1. The van der Waals surface area contributed by atoms with Crippen molar-refractivity contribution in [1.29, 1.82) is 0 Å². The number of carboxylic acids is 1. The van der Waals surface area contributed by atoms with Crippen molar-refractivity contribution in [3.63, 3.8) is 0 Å². The summed E-state index contributed by atoms with van der Waals surface area (Å²) in [7, 11) is 5.95. The Hall–Kier alpha value is -4.05. The fraction of sp³-hybridized carbons (Fsp3) is 0.661. The zero-order valence-electron chi connectivity index (χ0n) is 45.8. The number of nitrogens with zero attached hydrogens (tertiary/aromatic N) is 1. The summed E-state index contributed by atoms with van der Waals surface area (Å²) >= 11 is 0. The van der Waals surface area contributed by atoms with Crippen LogP contribution >= 0.6 is 0 Å². The molecule has 0 heterocycles. The molecule has 0 fully saturated rings. The second-order valence-electron chi connectivity index (χ2n) is 19.5. The molecule has 0 saturated carbocycles. The van der Waals surface area contributed by atoms with Gasteiger partial charge in [-0.05, 0) is 96.3 Å². The van der Waals surface area contributed by atoms with Crippen molar-refractivity contribution in [2.75, 3.05) is 47.5 Å². The number of carboxylic acid groups (broad SMARTS) is 1. The molecule has 9 nitrogen and oxygen atoms in total. The van der Waals surface area contributed by atoms with Gasteiger partial charge in [-0.2, -0.15) is 0 Å². The Morgan fingerprint density at radius 2 is 0.761 bits per heavy atom. The number of carbonyl (C=O) groups is 3. The second kappa shape index (κ2) is 52.3. The van der Waals surface area contributed by atoms with E-state index < -0.39 is 24.3 Å². The van der Waals surface area contributed by atoms with Gasteiger partial charge in [0.2, 0.25) is 0 Å². The number of esters is 2. The van der Waals surface area contributed by atoms with Gasteiger partial charge in [-0.3, -0.25) is 9.59 Å². The summed E-state index contributed by atoms with van der Waals surface area (Å²) in [4.78, 5) is 37.4. The summed E-state index contributed by atoms with van der Waals surface area (Å²) < 4.78 is 22.8. The van der Waals surface area contributed by atoms with Crippen molar-refractivity contribution in [1.82, 2.24) is 0 Å². The molecule has 0 aliphatic carbocycles. The zero-order valence-corrected chi connectivity index (χ0v) is 45.8. The van der Waals surface area contributed by atoms with Crippen LogP contribution in [0.5, 0.6) is 0 Å². The average Bonchev–Trinajstić information content (AvgIpc) is 3.34. The number of unbranched alkanes of at least 4 members (excludes halogenated alkanes) is 17. The molecule has 1 N–H and O–H groups in total. The molecule has 0 saturated heterocycles. The number of aliphatic carboxylic acids is 1. The van der Waals surface area contributed by atoms with Crippen LogP contribution in [0, 0.1) is 0 Å². The van der Waals surface area contributed by atoms with Crippen LogP contribution in [-0.4, -0.2) is 87.4 Å². The smallest absolute Gasteiger partial charge is 0.361 e. The Morgan fingerprint density at radius 3 is 1.14 bits per heavy atom. The summed E-state index contributed by atoms with van der Waals surface area (Å²) in [5, 5.41) is 9.69. The van der Waals surface area contributed by atoms with E-state index in [1.807, 2.05) is 21.1 Å². The first kappa shape index (κ1) is 67.0. The van der Waals surface area contributed by atoms with E-state index in [-0.39, 0.29) is 38.6 Å². The van der Waals surface area contributed by atoms with Crippen LogP contribution in [0.1, 0.15) is 206 Å². The molecule has 0 spiro atoms. The molecule has 9 heteroatoms. The molecule has 2 unspecified atom stereocenters. The van der Waals surface area contributed by atoms with Gasteiger partial charge in [0, 0.05) is 12.8 Å². The topological polar surface area (TPSA) is 108 Å². The minimum absolute atomic E-state index is 0.175. The van der Waals surface area contributed by atoms with E-state index in [0.717, 1.165) is 96.3 Å². The van der Waals surface area contributed by atoms with E-state index in [2.05, 4.69) is 123 Å². The van der Waals surface area contributed by atoms with Gasteiger partial charge in [0.1, 0.15) is 13.2 Å². The Bertz CT molecular complexity index is 1530. The highest BCUT2D eigenvalue weighted by Crippen LogP contribution is 2.15. The van der Waals surface area contributed by atoms with Crippen LogP contribution in [-0.2, 0) is 33.3 Å². The van der Waals surface area contributed by atoms with Crippen molar-refractivity contribution < 1.29 is 42.9 Å². The number of ether oxygens (including phenoxy) is 4. The number of quaternary nitrogens is 1. The van der Waals surface area contributed by atoms with Crippen LogP contribution in [0.25, 0.3) is 0 Å². The molecule has 404 valence electrons. The van der Waals surface area contributed by atoms with Crippen LogP contribution in [0.2, 0.25) is 0 Å². The summed E-state index contributed by atoms with van der Waals surface area (Å²) in [6.07, 6.45) is 68.8. The highest BCUT2D eigenvalue weighted by molar-refractivity contribution is 5.71. The van der Waals surface area contributed by atoms with Gasteiger partial charge in [0.05, 0.1) is 34.4 Å². The maximum absolute atomic E-state index is 12.8. The fourth-order valence-corrected chi connectivity index (χ4v) is 7.27. The van der Waals surface area contributed by atoms with E-state index in [1.54, 1.807) is 0 Å². The highest BCUT2D eigenvalue weighted by atomic mass is 16.7. The Morgan fingerprint density at radius 1 is 0.423 bits per heavy atom. The van der Waals surface area contributed by atoms with Gasteiger partial charge < -0.3 is 28.5 Å². The molecule has 0 aliphatic rings. The monoisotopic (exact) mass is 991 g/mol. The maximum atomic E-state index is 12.8. The molecule has 2 atom stereocenters. The lowest BCUT2D eigenvalue weighted by Gasteiger charge is -2.25. The molecule has 0 rings (SSSR count). The lowest BCUT2D eigenvalue weighted by atomic mass is 10.0. The third kappa shape index (κ3) is 53.6. The number of allylic oxidation sites excluding steroid dienone is 18. The maximum Gasteiger partial charge on any atom is 0.361 e. The van der Waals surface area contributed by atoms with Crippen LogP contribution in [0.4, 0.5) is 0 Å². The van der Waals surface area contributed by atoms with Crippen molar-refractivity contribution in [3.05, 3.63) is 109 Å². The van der Waals surface area contributed by atoms with E-state index >= 15 is 0 Å². The largest absolute Gasteiger partial charge is 0.477 e. The van der Waals surface area contributed by atoms with E-state index in [4.69, 9.17) is 18.9 Å². The number of hydrogen-bond donors (Lipinski definition) is 1. The highest BCUT2D eigenvalue weighted by Gasteiger charge is 2.25. The van der Waals surface area contributed by atoms with Gasteiger partial charge in [-0.25, -0.2) is 4.79 Å². The van der Waals surface area contributed by atoms with Gasteiger partial charge in [0.25, 0.3) is 6.29 Å². The molecule has 0 aliphatic heterocycles. The van der Waals surface area contributed by atoms with Crippen LogP contribution in [0.3, 0.4) is 0 Å². The molecule has 0 aromatic carbocycles. The minimum atomic E-state index is -1.53. The van der Waals surface area contributed by atoms with E-state index in [1.165, 1.54) is 77.0 Å². The minimum Gasteiger partial charge on any atom is -0.477 e. The predicted molar refractivity (Wildman–Crippen MR) is 299 cm³/mol. The standard InChI is InChI=1S/C62H103NO8/c1-6-8-10-12-14-16-18-20-22-24-26-27-28-29-30-31-32-33-35-36-38-40-42-44-46-48-50-52-59(64)69-56-58(57-70-62(61(66)67)68-55-54-63(3,4)5)71-60(65)53-51-49-47-45-43-41-39-37-34-25-23-21-19-17-15-13-11-9-7-2/h8-11,14-17,20-23,26-27,34,37,41,43,58,62H,6-7,12-13,18-19,24-25,28-33,35-36,38-40,42,44-57H2,1-5H3/p+1/b10-8-,11-9-,16-14-,17-15-,22-20-,23-21-,27-26-,37-34-,43-41-. The van der Waals surface area contributed by atoms with Crippen molar-refractivity contribution in [2.24, 2.45) is 0 Å². The third-order valence-electron chi connectivity index (χ3n) is 11.5. The fourth-order valence-electron chi connectivity index (χ4n) is 7.27. The predicted octanol–water partition coefficient (Wildman–Crippen LogP) is 16.3. The van der Waals surface area contributed by atoms with Gasteiger partial charge in [-0.1, -0.05) is 207 Å². The quantitative estimate of drug-likeness (QED) is 0.0211. The number of rotatable bonds is 50. The SMILES string of the molecule is CC/C=C\C/C=C\C/C=C\C/C=C\C/C=C\CCCCCC(=O)OC(COC(=O)CCCCCCCCCCCCCCCC/C=C\C/C=C\C/C=C\C/C=C\CC)COC(OCC[N+](C)(C)C)C(=O)O. The van der Waals surface area contributed by atoms with Crippen molar-refractivity contribution in [2.45, 2.75) is 219 Å². The number of hydrogen-bond acceptors (Lipinski definition) is 7. The summed E-state index contributed by atoms with van der Waals surface area (Å²) in [5.74, 6) is -2.06. The van der Waals surface area contributed by atoms with Gasteiger partial charge >= 0.3 is 17.9 Å². The Balaban J connectivity index is 4.29. The Kier molecular flexibility index (Phi) is 49.3. The molecule has 0 radical (unpaired) electrons. The molecule has 71 heavy (non-hydrogen) atoms. The second-order valence-corrected chi connectivity index (χ2v) is 19.5. The molecule has 0 bridgehead atoms. The van der Waals surface area contributed by atoms with Crippen molar-refractivity contribution in [3.8, 4) is 0 Å². The molecular formula is C62H104NO8+. The van der Waals surface area contributed by atoms with Crippen LogP contribution in [0.15, 0.2) is 109 Å². The number of carbonyl (C=O) groups excluding carboxylic acids is 2. The van der Waals surface area contributed by atoms with E-state index in [9.17, 15) is 19.5 Å². The Labute approximate surface area is 434 Å². The summed E-state index contributed by atoms with van der Waals surface area (Å²) in [6.45, 7) is 4.60. The first-order valence-electron chi connectivity index (χ1n) is 28.1. The van der Waals surface area contributed by atoms with Crippen molar-refractivity contribution >= 4 is 17.9 Å². The first-order valence-corrected chi connectivity index (χ1v) is 28.1. The lowest BCUT2D eigenvalue weighted by molar-refractivity contribution is -0.870. The normalized spacial score (nSPS) is 13.6. The summed E-state index contributed by atoms with van der Waals surface area (Å²) in [5.41, 5.74) is 0. The molecular weight excluding hydrogens is 887 g/mol. The average molecular weight is 992 g/mol. The lowest BCUT2D eigenvalue weighted by Crippen LogP contribution is -2.40. The first-order chi connectivity index (χ1) is 34.6. The van der Waals surface area contributed by atoms with Gasteiger partial charge in [0.15, 0.2) is 6.10 Å².